The number of aryl methyl sites for hydroxylation is 1. The van der Waals surface area contributed by atoms with E-state index in [1.54, 1.807) is 0 Å². The zero-order valence-corrected chi connectivity index (χ0v) is 9.73. The molecule has 2 unspecified atom stereocenters. The number of fused-ring (bicyclic) bond motifs is 1. The molecule has 0 amide bonds. The third-order valence-corrected chi connectivity index (χ3v) is 3.87. The van der Waals surface area contributed by atoms with Gasteiger partial charge in [-0.05, 0) is 32.1 Å². The average Bonchev–Trinajstić information content (AvgIpc) is 2.44. The molecule has 0 aliphatic heterocycles. The van der Waals surface area contributed by atoms with E-state index in [4.69, 9.17) is 5.73 Å². The van der Waals surface area contributed by atoms with Gasteiger partial charge in [0, 0.05) is 17.3 Å². The molecule has 1 aliphatic carbocycles. The molecule has 1 aliphatic rings. The molecule has 2 rings (SSSR count). The smallest absolute Gasteiger partial charge is 0.0946 e. The van der Waals surface area contributed by atoms with Gasteiger partial charge in [0.25, 0.3) is 0 Å². The third kappa shape index (κ3) is 2.15. The van der Waals surface area contributed by atoms with Crippen molar-refractivity contribution in [2.24, 2.45) is 11.7 Å². The molecule has 0 bridgehead atoms. The highest BCUT2D eigenvalue weighted by Gasteiger charge is 2.19. The van der Waals surface area contributed by atoms with Crippen LogP contribution < -0.4 is 5.73 Å². The lowest BCUT2D eigenvalue weighted by atomic mass is 9.93. The third-order valence-electron chi connectivity index (χ3n) is 2.73. The summed E-state index contributed by atoms with van der Waals surface area (Å²) >= 11 is 1.88. The molecule has 0 aromatic carbocycles. The molecule has 0 spiro atoms. The maximum Gasteiger partial charge on any atom is 0.0946 e. The van der Waals surface area contributed by atoms with E-state index in [0.29, 0.717) is 0 Å². The van der Waals surface area contributed by atoms with E-state index >= 15 is 0 Å². The van der Waals surface area contributed by atoms with Crippen molar-refractivity contribution in [1.82, 2.24) is 4.98 Å². The predicted octanol–water partition coefficient (Wildman–Crippen LogP) is 2.16. The first-order valence-corrected chi connectivity index (χ1v) is 6.20. The molecule has 0 radical (unpaired) electrons. The Bertz CT molecular complexity index is 317. The molecule has 1 heterocycles. The van der Waals surface area contributed by atoms with Crippen LogP contribution in [0.15, 0.2) is 0 Å². The number of thiazole rings is 1. The molecule has 2 nitrogen and oxygen atoms in total. The van der Waals surface area contributed by atoms with Crippen LogP contribution in [0.2, 0.25) is 0 Å². The first kappa shape index (κ1) is 10.1. The van der Waals surface area contributed by atoms with Gasteiger partial charge in [0.1, 0.15) is 0 Å². The van der Waals surface area contributed by atoms with Crippen molar-refractivity contribution in [2.75, 3.05) is 0 Å². The van der Waals surface area contributed by atoms with E-state index in [1.807, 2.05) is 18.3 Å². The van der Waals surface area contributed by atoms with Crippen molar-refractivity contribution in [3.05, 3.63) is 15.6 Å². The summed E-state index contributed by atoms with van der Waals surface area (Å²) in [5, 5.41) is 1.24. The van der Waals surface area contributed by atoms with Crippen LogP contribution in [0.3, 0.4) is 0 Å². The van der Waals surface area contributed by atoms with Gasteiger partial charge in [0.05, 0.1) is 10.7 Å². The van der Waals surface area contributed by atoms with E-state index in [9.17, 15) is 0 Å². The molecule has 0 fully saturated rings. The second kappa shape index (κ2) is 3.99. The topological polar surface area (TPSA) is 38.9 Å². The first-order valence-electron chi connectivity index (χ1n) is 5.38. The van der Waals surface area contributed by atoms with E-state index in [-0.39, 0.29) is 6.04 Å². The predicted molar refractivity (Wildman–Crippen MR) is 60.7 cm³/mol. The summed E-state index contributed by atoms with van der Waals surface area (Å²) in [4.78, 5) is 6.18. The quantitative estimate of drug-likeness (QED) is 0.812. The Balaban J connectivity index is 2.15. The fourth-order valence-electron chi connectivity index (χ4n) is 1.96. The molecule has 0 saturated carbocycles. The van der Waals surface area contributed by atoms with E-state index in [1.165, 1.54) is 34.8 Å². The summed E-state index contributed by atoms with van der Waals surface area (Å²) in [6.45, 7) is 4.37. The van der Waals surface area contributed by atoms with E-state index in [0.717, 1.165) is 12.3 Å². The van der Waals surface area contributed by atoms with Crippen LogP contribution >= 0.6 is 11.3 Å². The number of aromatic nitrogens is 1. The summed E-state index contributed by atoms with van der Waals surface area (Å²) in [5.74, 6) is 0.839. The number of rotatable bonds is 2. The lowest BCUT2D eigenvalue weighted by Gasteiger charge is -2.15. The summed E-state index contributed by atoms with van der Waals surface area (Å²) in [7, 11) is 0. The van der Waals surface area contributed by atoms with Crippen molar-refractivity contribution in [1.29, 1.82) is 0 Å². The van der Waals surface area contributed by atoms with Gasteiger partial charge in [-0.25, -0.2) is 4.98 Å². The average molecular weight is 210 g/mol. The van der Waals surface area contributed by atoms with Crippen LogP contribution in [0.4, 0.5) is 0 Å². The SMILES string of the molecule is CC(N)Cc1nc2c(s1)CC(C)CC2. The Morgan fingerprint density at radius 2 is 2.43 bits per heavy atom. The molecule has 78 valence electrons. The van der Waals surface area contributed by atoms with Gasteiger partial charge in [0.2, 0.25) is 0 Å². The van der Waals surface area contributed by atoms with Crippen molar-refractivity contribution in [3.8, 4) is 0 Å². The van der Waals surface area contributed by atoms with Gasteiger partial charge in [-0.1, -0.05) is 6.92 Å². The van der Waals surface area contributed by atoms with Gasteiger partial charge in [-0.2, -0.15) is 0 Å². The van der Waals surface area contributed by atoms with Gasteiger partial charge in [0.15, 0.2) is 0 Å². The normalized spacial score (nSPS) is 23.2. The fourth-order valence-corrected chi connectivity index (χ4v) is 3.38. The maximum absolute atomic E-state index is 5.78. The Hall–Kier alpha value is -0.410. The van der Waals surface area contributed by atoms with Crippen LogP contribution in [-0.2, 0) is 19.3 Å². The van der Waals surface area contributed by atoms with E-state index in [2.05, 4.69) is 11.9 Å². The summed E-state index contributed by atoms with van der Waals surface area (Å²) in [6, 6.07) is 0.236. The van der Waals surface area contributed by atoms with E-state index < -0.39 is 0 Å². The minimum Gasteiger partial charge on any atom is -0.328 e. The lowest BCUT2D eigenvalue weighted by molar-refractivity contribution is 0.501. The fraction of sp³-hybridized carbons (Fsp3) is 0.727. The number of nitrogens with two attached hydrogens (primary N) is 1. The minimum atomic E-state index is 0.236. The van der Waals surface area contributed by atoms with Gasteiger partial charge in [-0.3, -0.25) is 0 Å². The number of nitrogens with zero attached hydrogens (tertiary/aromatic N) is 1. The zero-order chi connectivity index (χ0) is 10.1. The van der Waals surface area contributed by atoms with Crippen molar-refractivity contribution >= 4 is 11.3 Å². The maximum atomic E-state index is 5.78. The Morgan fingerprint density at radius 3 is 3.14 bits per heavy atom. The van der Waals surface area contributed by atoms with Crippen LogP contribution in [-0.4, -0.2) is 11.0 Å². The van der Waals surface area contributed by atoms with Crippen LogP contribution in [0, 0.1) is 5.92 Å². The lowest BCUT2D eigenvalue weighted by Crippen LogP contribution is -2.17. The Morgan fingerprint density at radius 1 is 1.64 bits per heavy atom. The molecule has 2 atom stereocenters. The molecule has 0 saturated heterocycles. The van der Waals surface area contributed by atoms with Gasteiger partial charge in [-0.15, -0.1) is 11.3 Å². The van der Waals surface area contributed by atoms with Crippen LogP contribution in [0.25, 0.3) is 0 Å². The van der Waals surface area contributed by atoms with Crippen LogP contribution in [0.5, 0.6) is 0 Å². The Labute approximate surface area is 89.5 Å². The molecular formula is C11H18N2S. The van der Waals surface area contributed by atoms with Crippen molar-refractivity contribution in [3.63, 3.8) is 0 Å². The number of hydrogen-bond donors (Lipinski definition) is 1. The molecule has 2 N–H and O–H groups in total. The van der Waals surface area contributed by atoms with Gasteiger partial charge >= 0.3 is 0 Å². The van der Waals surface area contributed by atoms with Crippen molar-refractivity contribution < 1.29 is 0 Å². The summed E-state index contributed by atoms with van der Waals surface area (Å²) in [6.07, 6.45) is 4.64. The largest absolute Gasteiger partial charge is 0.328 e. The zero-order valence-electron chi connectivity index (χ0n) is 8.92. The Kier molecular flexibility index (Phi) is 2.88. The second-order valence-electron chi connectivity index (χ2n) is 4.51. The van der Waals surface area contributed by atoms with Crippen molar-refractivity contribution in [2.45, 2.75) is 45.6 Å². The monoisotopic (exact) mass is 210 g/mol. The molecule has 14 heavy (non-hydrogen) atoms. The summed E-state index contributed by atoms with van der Waals surface area (Å²) < 4.78 is 0. The number of hydrogen-bond acceptors (Lipinski definition) is 3. The minimum absolute atomic E-state index is 0.236. The molecular weight excluding hydrogens is 192 g/mol. The highest BCUT2D eigenvalue weighted by atomic mass is 32.1. The molecule has 1 aromatic rings. The first-order chi connectivity index (χ1) is 6.65. The summed E-state index contributed by atoms with van der Waals surface area (Å²) in [5.41, 5.74) is 7.13. The highest BCUT2D eigenvalue weighted by molar-refractivity contribution is 7.11. The molecule has 1 aromatic heterocycles. The highest BCUT2D eigenvalue weighted by Crippen LogP contribution is 2.29. The standard InChI is InChI=1S/C11H18N2S/c1-7-3-4-9-10(5-7)14-11(13-9)6-8(2)12/h7-8H,3-6,12H2,1-2H3. The second-order valence-corrected chi connectivity index (χ2v) is 5.68. The van der Waals surface area contributed by atoms with Gasteiger partial charge < -0.3 is 5.73 Å². The molecule has 3 heteroatoms. The van der Waals surface area contributed by atoms with Crippen LogP contribution in [0.1, 0.15) is 35.8 Å².